The van der Waals surface area contributed by atoms with Crippen molar-refractivity contribution in [2.45, 2.75) is 65.4 Å². The normalized spacial score (nSPS) is 16.0. The number of anilines is 1. The Morgan fingerprint density at radius 3 is 2.57 bits per heavy atom. The van der Waals surface area contributed by atoms with Gasteiger partial charge in [-0.2, -0.15) is 0 Å². The van der Waals surface area contributed by atoms with Crippen LogP contribution in [0.2, 0.25) is 0 Å². The van der Waals surface area contributed by atoms with Crippen molar-refractivity contribution in [3.05, 3.63) is 23.8 Å². The van der Waals surface area contributed by atoms with Gasteiger partial charge in [-0.05, 0) is 38.5 Å². The Morgan fingerprint density at radius 2 is 1.91 bits per heavy atom. The maximum atomic E-state index is 12.7. The standard InChI is InChI=1S/C19H27NO3/c1-5-7-8-9-12-20-15-13-14(16(21)6-2)10-11-17(15)23-19(3,4)18(20)22/h10-11,13H,5-9,12H2,1-4H3. The molecule has 0 spiro atoms. The van der Waals surface area contributed by atoms with Gasteiger partial charge in [0.15, 0.2) is 11.4 Å². The molecule has 23 heavy (non-hydrogen) atoms. The van der Waals surface area contributed by atoms with Crippen molar-refractivity contribution < 1.29 is 14.3 Å². The number of rotatable bonds is 7. The molecule has 0 radical (unpaired) electrons. The molecule has 0 aliphatic carbocycles. The third-order valence-electron chi connectivity index (χ3n) is 4.25. The summed E-state index contributed by atoms with van der Waals surface area (Å²) in [5.74, 6) is 0.719. The Morgan fingerprint density at radius 1 is 1.17 bits per heavy atom. The molecule has 0 atom stereocenters. The summed E-state index contributed by atoms with van der Waals surface area (Å²) in [6, 6.07) is 5.39. The van der Waals surface area contributed by atoms with Gasteiger partial charge in [-0.25, -0.2) is 0 Å². The van der Waals surface area contributed by atoms with Crippen LogP contribution < -0.4 is 9.64 Å². The van der Waals surface area contributed by atoms with Crippen LogP contribution in [0.1, 0.15) is 70.2 Å². The minimum Gasteiger partial charge on any atom is -0.476 e. The first-order chi connectivity index (χ1) is 10.9. The van der Waals surface area contributed by atoms with E-state index in [0.717, 1.165) is 24.9 Å². The number of ether oxygens (including phenoxy) is 1. The number of ketones is 1. The third kappa shape index (κ3) is 3.74. The lowest BCUT2D eigenvalue weighted by Crippen LogP contribution is -2.52. The highest BCUT2D eigenvalue weighted by Gasteiger charge is 2.40. The molecule has 0 fully saturated rings. The average Bonchev–Trinajstić information content (AvgIpc) is 2.53. The predicted octanol–water partition coefficient (Wildman–Crippen LogP) is 4.36. The minimum absolute atomic E-state index is 0.0393. The molecule has 0 N–H and O–H groups in total. The number of hydrogen-bond acceptors (Lipinski definition) is 3. The van der Waals surface area contributed by atoms with Crippen molar-refractivity contribution in [2.24, 2.45) is 0 Å². The van der Waals surface area contributed by atoms with Crippen LogP contribution in [0.25, 0.3) is 0 Å². The molecular weight excluding hydrogens is 290 g/mol. The second-order valence-corrected chi connectivity index (χ2v) is 6.59. The van der Waals surface area contributed by atoms with E-state index in [9.17, 15) is 9.59 Å². The van der Waals surface area contributed by atoms with Crippen LogP contribution in [0.15, 0.2) is 18.2 Å². The fourth-order valence-corrected chi connectivity index (χ4v) is 2.86. The molecule has 1 aliphatic rings. The van der Waals surface area contributed by atoms with Crippen molar-refractivity contribution in [1.29, 1.82) is 0 Å². The van der Waals surface area contributed by atoms with E-state index in [1.54, 1.807) is 30.9 Å². The molecule has 126 valence electrons. The van der Waals surface area contributed by atoms with Gasteiger partial charge in [-0.1, -0.05) is 33.1 Å². The zero-order valence-corrected chi connectivity index (χ0v) is 14.6. The maximum absolute atomic E-state index is 12.7. The first-order valence-electron chi connectivity index (χ1n) is 8.59. The van der Waals surface area contributed by atoms with E-state index in [4.69, 9.17) is 4.74 Å². The molecule has 4 nitrogen and oxygen atoms in total. The van der Waals surface area contributed by atoms with Crippen LogP contribution in [0.5, 0.6) is 5.75 Å². The lowest BCUT2D eigenvalue weighted by molar-refractivity contribution is -0.132. The monoisotopic (exact) mass is 317 g/mol. The lowest BCUT2D eigenvalue weighted by Gasteiger charge is -2.39. The number of fused-ring (bicyclic) bond motifs is 1. The summed E-state index contributed by atoms with van der Waals surface area (Å²) in [7, 11) is 0. The SMILES string of the molecule is CCCCCCN1C(=O)C(C)(C)Oc2ccc(C(=O)CC)cc21. The molecule has 0 aromatic heterocycles. The summed E-state index contributed by atoms with van der Waals surface area (Å²) in [6.07, 6.45) is 4.85. The van der Waals surface area contributed by atoms with E-state index in [2.05, 4.69) is 6.92 Å². The van der Waals surface area contributed by atoms with E-state index in [1.807, 2.05) is 13.0 Å². The van der Waals surface area contributed by atoms with Crippen molar-refractivity contribution in [1.82, 2.24) is 0 Å². The number of hydrogen-bond donors (Lipinski definition) is 0. The van der Waals surface area contributed by atoms with Crippen LogP contribution in [-0.4, -0.2) is 23.8 Å². The fourth-order valence-electron chi connectivity index (χ4n) is 2.86. The van der Waals surface area contributed by atoms with Crippen LogP contribution in [-0.2, 0) is 4.79 Å². The predicted molar refractivity (Wildman–Crippen MR) is 92.3 cm³/mol. The third-order valence-corrected chi connectivity index (χ3v) is 4.25. The van der Waals surface area contributed by atoms with Gasteiger partial charge in [-0.3, -0.25) is 9.59 Å². The van der Waals surface area contributed by atoms with Gasteiger partial charge in [-0.15, -0.1) is 0 Å². The summed E-state index contributed by atoms with van der Waals surface area (Å²) in [5, 5.41) is 0. The molecule has 2 rings (SSSR count). The van der Waals surface area contributed by atoms with Crippen molar-refractivity contribution in [3.8, 4) is 5.75 Å². The molecule has 1 aliphatic heterocycles. The van der Waals surface area contributed by atoms with E-state index >= 15 is 0 Å². The minimum atomic E-state index is -0.867. The first-order valence-corrected chi connectivity index (χ1v) is 8.59. The second-order valence-electron chi connectivity index (χ2n) is 6.59. The smallest absolute Gasteiger partial charge is 0.270 e. The fraction of sp³-hybridized carbons (Fsp3) is 0.579. The van der Waals surface area contributed by atoms with E-state index in [1.165, 1.54) is 6.42 Å². The lowest BCUT2D eigenvalue weighted by atomic mass is 10.0. The zero-order chi connectivity index (χ0) is 17.0. The highest BCUT2D eigenvalue weighted by Crippen LogP contribution is 2.38. The quantitative estimate of drug-likeness (QED) is 0.554. The topological polar surface area (TPSA) is 46.6 Å². The molecule has 0 saturated heterocycles. The first kappa shape index (κ1) is 17.5. The molecule has 0 bridgehead atoms. The Hall–Kier alpha value is -1.84. The van der Waals surface area contributed by atoms with E-state index in [-0.39, 0.29) is 11.7 Å². The van der Waals surface area contributed by atoms with Crippen molar-refractivity contribution >= 4 is 17.4 Å². The van der Waals surface area contributed by atoms with E-state index in [0.29, 0.717) is 24.3 Å². The highest BCUT2D eigenvalue weighted by molar-refractivity contribution is 6.04. The number of nitrogens with zero attached hydrogens (tertiary/aromatic N) is 1. The molecule has 1 aromatic carbocycles. The number of amides is 1. The van der Waals surface area contributed by atoms with E-state index < -0.39 is 5.60 Å². The van der Waals surface area contributed by atoms with Crippen LogP contribution in [0.3, 0.4) is 0 Å². The average molecular weight is 317 g/mol. The molecule has 1 amide bonds. The van der Waals surface area contributed by atoms with Gasteiger partial charge < -0.3 is 9.64 Å². The Kier molecular flexibility index (Phi) is 5.45. The molecule has 4 heteroatoms. The summed E-state index contributed by atoms with van der Waals surface area (Å²) in [6.45, 7) is 8.27. The Balaban J connectivity index is 2.32. The Bertz CT molecular complexity index is 592. The van der Waals surface area contributed by atoms with Crippen molar-refractivity contribution in [2.75, 3.05) is 11.4 Å². The van der Waals surface area contributed by atoms with Gasteiger partial charge >= 0.3 is 0 Å². The summed E-state index contributed by atoms with van der Waals surface area (Å²) >= 11 is 0. The van der Waals surface area contributed by atoms with Gasteiger partial charge in [0.05, 0.1) is 5.69 Å². The van der Waals surface area contributed by atoms with Crippen molar-refractivity contribution in [3.63, 3.8) is 0 Å². The van der Waals surface area contributed by atoms with Gasteiger partial charge in [0.25, 0.3) is 5.91 Å². The van der Waals surface area contributed by atoms with Gasteiger partial charge in [0, 0.05) is 18.5 Å². The number of Topliss-reactive ketones (excluding diaryl/α,β-unsaturated/α-hetero) is 1. The summed E-state index contributed by atoms with van der Waals surface area (Å²) in [5.41, 5.74) is 0.500. The van der Waals surface area contributed by atoms with Crippen LogP contribution >= 0.6 is 0 Å². The molecular formula is C19H27NO3. The number of unbranched alkanes of at least 4 members (excludes halogenated alkanes) is 3. The number of benzene rings is 1. The number of carbonyl (C=O) groups is 2. The van der Waals surface area contributed by atoms with Crippen LogP contribution in [0, 0.1) is 0 Å². The largest absolute Gasteiger partial charge is 0.476 e. The van der Waals surface area contributed by atoms with Gasteiger partial charge in [0.2, 0.25) is 0 Å². The van der Waals surface area contributed by atoms with Crippen LogP contribution in [0.4, 0.5) is 5.69 Å². The number of carbonyl (C=O) groups excluding carboxylic acids is 2. The molecule has 0 saturated carbocycles. The molecule has 1 aromatic rings. The Labute approximate surface area is 138 Å². The highest BCUT2D eigenvalue weighted by atomic mass is 16.5. The second kappa shape index (κ2) is 7.16. The molecule has 0 unspecified atom stereocenters. The van der Waals surface area contributed by atoms with Gasteiger partial charge in [0.1, 0.15) is 5.75 Å². The molecule has 1 heterocycles. The zero-order valence-electron chi connectivity index (χ0n) is 14.6. The summed E-state index contributed by atoms with van der Waals surface area (Å²) in [4.78, 5) is 26.5. The maximum Gasteiger partial charge on any atom is 0.270 e. The summed E-state index contributed by atoms with van der Waals surface area (Å²) < 4.78 is 5.86.